The van der Waals surface area contributed by atoms with Crippen LogP contribution in [0.2, 0.25) is 5.02 Å². The van der Waals surface area contributed by atoms with E-state index < -0.39 is 0 Å². The predicted molar refractivity (Wildman–Crippen MR) is 75.5 cm³/mol. The van der Waals surface area contributed by atoms with Crippen molar-refractivity contribution in [3.63, 3.8) is 0 Å². The highest BCUT2D eigenvalue weighted by molar-refractivity contribution is 6.30. The molecular formula is C14H21ClN2O. The molecule has 0 amide bonds. The molecule has 4 heteroatoms. The Morgan fingerprint density at radius 3 is 2.72 bits per heavy atom. The first-order chi connectivity index (χ1) is 8.76. The lowest BCUT2D eigenvalue weighted by Crippen LogP contribution is -2.45. The Hall–Kier alpha value is -0.770. The number of hydrogen-bond donors (Lipinski definition) is 1. The lowest BCUT2D eigenvalue weighted by Gasteiger charge is -2.35. The number of rotatable bonds is 4. The fraction of sp³-hybridized carbons (Fsp3) is 0.571. The second kappa shape index (κ2) is 6.41. The topological polar surface area (TPSA) is 24.5 Å². The van der Waals surface area contributed by atoms with E-state index in [2.05, 4.69) is 17.1 Å². The van der Waals surface area contributed by atoms with Crippen LogP contribution in [0, 0.1) is 0 Å². The SMILES string of the molecule is CC[C@@H](c1cc(Cl)ccc1OC)N1CCNCC1. The number of methoxy groups -OCH3 is 1. The maximum absolute atomic E-state index is 6.13. The molecule has 1 heterocycles. The number of hydrogen-bond acceptors (Lipinski definition) is 3. The van der Waals surface area contributed by atoms with Gasteiger partial charge in [-0.25, -0.2) is 0 Å². The number of ether oxygens (including phenoxy) is 1. The fourth-order valence-electron chi connectivity index (χ4n) is 2.63. The number of nitrogens with one attached hydrogen (secondary N) is 1. The number of nitrogens with zero attached hydrogens (tertiary/aromatic N) is 1. The van der Waals surface area contributed by atoms with Crippen molar-refractivity contribution in [3.8, 4) is 5.75 Å². The molecule has 100 valence electrons. The van der Waals surface area contributed by atoms with Gasteiger partial charge in [-0.15, -0.1) is 0 Å². The van der Waals surface area contributed by atoms with Gasteiger partial charge < -0.3 is 10.1 Å². The van der Waals surface area contributed by atoms with Crippen molar-refractivity contribution < 1.29 is 4.74 Å². The molecule has 0 radical (unpaired) electrons. The lowest BCUT2D eigenvalue weighted by atomic mass is 10.0. The second-order valence-electron chi connectivity index (χ2n) is 4.60. The van der Waals surface area contributed by atoms with Crippen LogP contribution in [0.3, 0.4) is 0 Å². The van der Waals surface area contributed by atoms with Crippen LogP contribution in [0.25, 0.3) is 0 Å². The van der Waals surface area contributed by atoms with Gasteiger partial charge in [-0.2, -0.15) is 0 Å². The van der Waals surface area contributed by atoms with Gasteiger partial charge in [0.05, 0.1) is 7.11 Å². The van der Waals surface area contributed by atoms with E-state index in [9.17, 15) is 0 Å². The van der Waals surface area contributed by atoms with E-state index in [1.165, 1.54) is 5.56 Å². The summed E-state index contributed by atoms with van der Waals surface area (Å²) in [4.78, 5) is 2.50. The van der Waals surface area contributed by atoms with Gasteiger partial charge in [-0.05, 0) is 24.6 Å². The number of benzene rings is 1. The van der Waals surface area contributed by atoms with E-state index in [1.54, 1.807) is 7.11 Å². The Labute approximate surface area is 114 Å². The van der Waals surface area contributed by atoms with Crippen LogP contribution < -0.4 is 10.1 Å². The molecule has 1 N–H and O–H groups in total. The summed E-state index contributed by atoms with van der Waals surface area (Å²) in [6, 6.07) is 6.27. The van der Waals surface area contributed by atoms with E-state index >= 15 is 0 Å². The summed E-state index contributed by atoms with van der Waals surface area (Å²) in [6.45, 7) is 6.48. The normalized spacial score (nSPS) is 18.6. The average molecular weight is 269 g/mol. The molecule has 0 unspecified atom stereocenters. The first kappa shape index (κ1) is 13.7. The van der Waals surface area contributed by atoms with Crippen LogP contribution in [0.1, 0.15) is 24.9 Å². The Balaban J connectivity index is 2.27. The van der Waals surface area contributed by atoms with Crippen molar-refractivity contribution in [2.45, 2.75) is 19.4 Å². The molecule has 1 aromatic rings. The van der Waals surface area contributed by atoms with E-state index in [1.807, 2.05) is 18.2 Å². The monoisotopic (exact) mass is 268 g/mol. The summed E-state index contributed by atoms with van der Waals surface area (Å²) in [7, 11) is 1.72. The smallest absolute Gasteiger partial charge is 0.123 e. The minimum Gasteiger partial charge on any atom is -0.496 e. The van der Waals surface area contributed by atoms with Crippen LogP contribution in [0.15, 0.2) is 18.2 Å². The van der Waals surface area contributed by atoms with Crippen molar-refractivity contribution in [1.29, 1.82) is 0 Å². The number of piperazine rings is 1. The molecule has 1 aliphatic heterocycles. The van der Waals surface area contributed by atoms with E-state index in [0.29, 0.717) is 6.04 Å². The quantitative estimate of drug-likeness (QED) is 0.909. The van der Waals surface area contributed by atoms with Crippen LogP contribution >= 0.6 is 11.6 Å². The molecule has 3 nitrogen and oxygen atoms in total. The van der Waals surface area contributed by atoms with E-state index in [4.69, 9.17) is 16.3 Å². The standard InChI is InChI=1S/C14H21ClN2O/c1-3-13(17-8-6-16-7-9-17)12-10-11(15)4-5-14(12)18-2/h4-5,10,13,16H,3,6-9H2,1-2H3/t13-/m0/s1. The summed E-state index contributed by atoms with van der Waals surface area (Å²) < 4.78 is 5.47. The van der Waals surface area contributed by atoms with Crippen molar-refractivity contribution >= 4 is 11.6 Å². The van der Waals surface area contributed by atoms with Crippen molar-refractivity contribution in [3.05, 3.63) is 28.8 Å². The second-order valence-corrected chi connectivity index (χ2v) is 5.03. The summed E-state index contributed by atoms with van der Waals surface area (Å²) in [6.07, 6.45) is 1.07. The molecule has 1 aliphatic rings. The Morgan fingerprint density at radius 2 is 2.11 bits per heavy atom. The zero-order valence-corrected chi connectivity index (χ0v) is 11.8. The third-order valence-corrected chi connectivity index (χ3v) is 3.76. The Bertz CT molecular complexity index is 391. The van der Waals surface area contributed by atoms with Crippen molar-refractivity contribution in [2.24, 2.45) is 0 Å². The summed E-state index contributed by atoms with van der Waals surface area (Å²) in [5.41, 5.74) is 1.20. The maximum atomic E-state index is 6.13. The number of halogens is 1. The molecule has 2 rings (SSSR count). The maximum Gasteiger partial charge on any atom is 0.123 e. The molecule has 1 saturated heterocycles. The molecule has 18 heavy (non-hydrogen) atoms. The highest BCUT2D eigenvalue weighted by Gasteiger charge is 2.23. The van der Waals surface area contributed by atoms with E-state index in [-0.39, 0.29) is 0 Å². The molecule has 0 saturated carbocycles. The summed E-state index contributed by atoms with van der Waals surface area (Å²) in [5, 5.41) is 4.16. The largest absolute Gasteiger partial charge is 0.496 e. The molecule has 0 bridgehead atoms. The molecule has 0 spiro atoms. The summed E-state index contributed by atoms with van der Waals surface area (Å²) >= 11 is 6.13. The fourth-order valence-corrected chi connectivity index (χ4v) is 2.81. The molecule has 0 aromatic heterocycles. The van der Waals surface area contributed by atoms with Gasteiger partial charge in [0.25, 0.3) is 0 Å². The molecule has 1 aromatic carbocycles. The van der Waals surface area contributed by atoms with Gasteiger partial charge in [0.1, 0.15) is 5.75 Å². The predicted octanol–water partition coefficient (Wildman–Crippen LogP) is 2.70. The van der Waals surface area contributed by atoms with Crippen LogP contribution in [0.4, 0.5) is 0 Å². The van der Waals surface area contributed by atoms with Gasteiger partial charge in [-0.3, -0.25) is 4.90 Å². The highest BCUT2D eigenvalue weighted by Crippen LogP contribution is 2.33. The van der Waals surface area contributed by atoms with Crippen molar-refractivity contribution in [1.82, 2.24) is 10.2 Å². The van der Waals surface area contributed by atoms with Gasteiger partial charge in [0, 0.05) is 42.8 Å². The first-order valence-corrected chi connectivity index (χ1v) is 6.92. The Kier molecular flexibility index (Phi) is 4.87. The Morgan fingerprint density at radius 1 is 1.39 bits per heavy atom. The zero-order chi connectivity index (χ0) is 13.0. The average Bonchev–Trinajstić information content (AvgIpc) is 2.41. The van der Waals surface area contributed by atoms with Gasteiger partial charge in [0.15, 0.2) is 0 Å². The minimum absolute atomic E-state index is 0.390. The van der Waals surface area contributed by atoms with Crippen LogP contribution in [-0.4, -0.2) is 38.2 Å². The molecule has 0 aliphatic carbocycles. The molecular weight excluding hydrogens is 248 g/mol. The van der Waals surface area contributed by atoms with Gasteiger partial charge in [-0.1, -0.05) is 18.5 Å². The molecule has 1 fully saturated rings. The third-order valence-electron chi connectivity index (χ3n) is 3.53. The van der Waals surface area contributed by atoms with Crippen LogP contribution in [0.5, 0.6) is 5.75 Å². The van der Waals surface area contributed by atoms with Crippen molar-refractivity contribution in [2.75, 3.05) is 33.3 Å². The van der Waals surface area contributed by atoms with Gasteiger partial charge >= 0.3 is 0 Å². The highest BCUT2D eigenvalue weighted by atomic mass is 35.5. The molecule has 1 atom stereocenters. The van der Waals surface area contributed by atoms with Crippen LogP contribution in [-0.2, 0) is 0 Å². The third kappa shape index (κ3) is 2.97. The minimum atomic E-state index is 0.390. The first-order valence-electron chi connectivity index (χ1n) is 6.54. The summed E-state index contributed by atoms with van der Waals surface area (Å²) in [5.74, 6) is 0.935. The lowest BCUT2D eigenvalue weighted by molar-refractivity contribution is 0.166. The van der Waals surface area contributed by atoms with E-state index in [0.717, 1.165) is 43.4 Å². The zero-order valence-electron chi connectivity index (χ0n) is 11.1. The van der Waals surface area contributed by atoms with Gasteiger partial charge in [0.2, 0.25) is 0 Å².